The number of benzene rings is 1. The number of tetrazole rings is 1. The van der Waals surface area contributed by atoms with Gasteiger partial charge in [-0.05, 0) is 61.0 Å². The number of aryl methyl sites for hydroxylation is 1. The molecule has 0 saturated carbocycles. The average molecular weight is 275 g/mol. The third kappa shape index (κ3) is 2.96. The van der Waals surface area contributed by atoms with Crippen LogP contribution in [0, 0.1) is 6.92 Å². The molecular weight excluding hydrogens is 254 g/mol. The van der Waals surface area contributed by atoms with Gasteiger partial charge in [-0.25, -0.2) is 0 Å². The molecule has 0 radical (unpaired) electrons. The summed E-state index contributed by atoms with van der Waals surface area (Å²) in [6.45, 7) is 7.14. The molecule has 108 valence electrons. The van der Waals surface area contributed by atoms with Crippen LogP contribution in [0.15, 0.2) is 18.2 Å². The van der Waals surface area contributed by atoms with Crippen LogP contribution in [0.25, 0.3) is 5.69 Å². The Hall–Kier alpha value is -1.95. The predicted molar refractivity (Wildman–Crippen MR) is 77.2 cm³/mol. The minimum atomic E-state index is 0.104. The van der Waals surface area contributed by atoms with E-state index in [1.54, 1.807) is 11.8 Å². The standard InChI is InChI=1S/C14H21N5O/c1-5-8-15-11(3)14-16-17-18-19(14)12-6-7-13(20-4)10(2)9-12/h6-7,9,11,15H,5,8H2,1-4H3. The van der Waals surface area contributed by atoms with Crippen molar-refractivity contribution in [3.63, 3.8) is 0 Å². The highest BCUT2D eigenvalue weighted by molar-refractivity contribution is 5.43. The lowest BCUT2D eigenvalue weighted by atomic mass is 10.2. The molecule has 20 heavy (non-hydrogen) atoms. The third-order valence-corrected chi connectivity index (χ3v) is 3.20. The number of hydrogen-bond acceptors (Lipinski definition) is 5. The molecular formula is C14H21N5O. The Morgan fingerprint density at radius 2 is 2.20 bits per heavy atom. The highest BCUT2D eigenvalue weighted by atomic mass is 16.5. The number of aromatic nitrogens is 4. The van der Waals surface area contributed by atoms with Gasteiger partial charge in [-0.2, -0.15) is 4.68 Å². The number of methoxy groups -OCH3 is 1. The van der Waals surface area contributed by atoms with Gasteiger partial charge in [-0.15, -0.1) is 5.10 Å². The fourth-order valence-electron chi connectivity index (χ4n) is 2.09. The van der Waals surface area contributed by atoms with Crippen molar-refractivity contribution in [1.82, 2.24) is 25.5 Å². The van der Waals surface area contributed by atoms with Crippen LogP contribution in [0.1, 0.15) is 37.7 Å². The van der Waals surface area contributed by atoms with Gasteiger partial charge in [-0.3, -0.25) is 0 Å². The normalized spacial score (nSPS) is 12.4. The van der Waals surface area contributed by atoms with Gasteiger partial charge in [0.05, 0.1) is 18.8 Å². The number of ether oxygens (including phenoxy) is 1. The second kappa shape index (κ2) is 6.47. The zero-order chi connectivity index (χ0) is 14.5. The Morgan fingerprint density at radius 3 is 2.85 bits per heavy atom. The number of rotatable bonds is 6. The Kier molecular flexibility index (Phi) is 4.68. The molecule has 1 heterocycles. The maximum Gasteiger partial charge on any atom is 0.173 e. The van der Waals surface area contributed by atoms with Gasteiger partial charge < -0.3 is 10.1 Å². The maximum absolute atomic E-state index is 5.27. The van der Waals surface area contributed by atoms with E-state index in [0.29, 0.717) is 0 Å². The molecule has 0 fully saturated rings. The van der Waals surface area contributed by atoms with Crippen LogP contribution in [-0.4, -0.2) is 33.9 Å². The molecule has 0 saturated heterocycles. The summed E-state index contributed by atoms with van der Waals surface area (Å²) in [7, 11) is 1.67. The van der Waals surface area contributed by atoms with Gasteiger partial charge in [0.25, 0.3) is 0 Å². The first-order chi connectivity index (χ1) is 9.67. The van der Waals surface area contributed by atoms with Gasteiger partial charge in [0.2, 0.25) is 0 Å². The van der Waals surface area contributed by atoms with E-state index in [4.69, 9.17) is 4.74 Å². The van der Waals surface area contributed by atoms with Crippen molar-refractivity contribution in [3.8, 4) is 11.4 Å². The summed E-state index contributed by atoms with van der Waals surface area (Å²) in [5.74, 6) is 1.67. The summed E-state index contributed by atoms with van der Waals surface area (Å²) >= 11 is 0. The molecule has 0 aliphatic heterocycles. The summed E-state index contributed by atoms with van der Waals surface area (Å²) in [6.07, 6.45) is 1.08. The van der Waals surface area contributed by atoms with Crippen molar-refractivity contribution in [2.75, 3.05) is 13.7 Å². The van der Waals surface area contributed by atoms with E-state index < -0.39 is 0 Å². The molecule has 1 unspecified atom stereocenters. The maximum atomic E-state index is 5.27. The van der Waals surface area contributed by atoms with Gasteiger partial charge in [-0.1, -0.05) is 6.92 Å². The average Bonchev–Trinajstić information content (AvgIpc) is 2.94. The number of nitrogens with one attached hydrogen (secondary N) is 1. The van der Waals surface area contributed by atoms with E-state index in [0.717, 1.165) is 35.8 Å². The second-order valence-corrected chi connectivity index (χ2v) is 4.78. The van der Waals surface area contributed by atoms with E-state index in [2.05, 4.69) is 34.7 Å². The van der Waals surface area contributed by atoms with Crippen molar-refractivity contribution < 1.29 is 4.74 Å². The summed E-state index contributed by atoms with van der Waals surface area (Å²) in [4.78, 5) is 0. The highest BCUT2D eigenvalue weighted by Gasteiger charge is 2.15. The fraction of sp³-hybridized carbons (Fsp3) is 0.500. The van der Waals surface area contributed by atoms with E-state index in [1.165, 1.54) is 0 Å². The minimum Gasteiger partial charge on any atom is -0.496 e. The van der Waals surface area contributed by atoms with E-state index in [-0.39, 0.29) is 6.04 Å². The van der Waals surface area contributed by atoms with Gasteiger partial charge in [0.15, 0.2) is 5.82 Å². The molecule has 1 N–H and O–H groups in total. The quantitative estimate of drug-likeness (QED) is 0.874. The van der Waals surface area contributed by atoms with Crippen molar-refractivity contribution in [2.24, 2.45) is 0 Å². The molecule has 0 aliphatic carbocycles. The topological polar surface area (TPSA) is 64.9 Å². The molecule has 6 nitrogen and oxygen atoms in total. The minimum absolute atomic E-state index is 0.104. The van der Waals surface area contributed by atoms with Crippen LogP contribution in [0.5, 0.6) is 5.75 Å². The molecule has 0 aliphatic rings. The Morgan fingerprint density at radius 1 is 1.40 bits per heavy atom. The van der Waals surface area contributed by atoms with Crippen molar-refractivity contribution >= 4 is 0 Å². The summed E-state index contributed by atoms with van der Waals surface area (Å²) < 4.78 is 7.04. The molecule has 1 aromatic carbocycles. The van der Waals surface area contributed by atoms with E-state index in [9.17, 15) is 0 Å². The summed E-state index contributed by atoms with van der Waals surface area (Å²) in [5, 5.41) is 15.4. The highest BCUT2D eigenvalue weighted by Crippen LogP contribution is 2.22. The number of nitrogens with zero attached hydrogens (tertiary/aromatic N) is 4. The molecule has 0 bridgehead atoms. The fourth-order valence-corrected chi connectivity index (χ4v) is 2.09. The van der Waals surface area contributed by atoms with Crippen LogP contribution < -0.4 is 10.1 Å². The molecule has 0 spiro atoms. The first kappa shape index (κ1) is 14.5. The lowest BCUT2D eigenvalue weighted by Gasteiger charge is -2.13. The summed E-state index contributed by atoms with van der Waals surface area (Å²) in [6, 6.07) is 6.01. The van der Waals surface area contributed by atoms with Crippen LogP contribution in [0.3, 0.4) is 0 Å². The Labute approximate surface area is 119 Å². The lowest BCUT2D eigenvalue weighted by Crippen LogP contribution is -2.22. The summed E-state index contributed by atoms with van der Waals surface area (Å²) in [5.41, 5.74) is 1.99. The second-order valence-electron chi connectivity index (χ2n) is 4.78. The monoisotopic (exact) mass is 275 g/mol. The molecule has 1 atom stereocenters. The lowest BCUT2D eigenvalue weighted by molar-refractivity contribution is 0.411. The zero-order valence-corrected chi connectivity index (χ0v) is 12.4. The smallest absolute Gasteiger partial charge is 0.173 e. The van der Waals surface area contributed by atoms with Crippen LogP contribution in [0.4, 0.5) is 0 Å². The molecule has 0 amide bonds. The largest absolute Gasteiger partial charge is 0.496 e. The third-order valence-electron chi connectivity index (χ3n) is 3.20. The number of hydrogen-bond donors (Lipinski definition) is 1. The van der Waals surface area contributed by atoms with Crippen LogP contribution in [0.2, 0.25) is 0 Å². The van der Waals surface area contributed by atoms with Gasteiger partial charge in [0, 0.05) is 0 Å². The first-order valence-electron chi connectivity index (χ1n) is 6.84. The van der Waals surface area contributed by atoms with Crippen molar-refractivity contribution in [2.45, 2.75) is 33.2 Å². The van der Waals surface area contributed by atoms with Crippen molar-refractivity contribution in [1.29, 1.82) is 0 Å². The van der Waals surface area contributed by atoms with E-state index >= 15 is 0 Å². The molecule has 2 aromatic rings. The first-order valence-corrected chi connectivity index (χ1v) is 6.84. The molecule has 6 heteroatoms. The van der Waals surface area contributed by atoms with Crippen molar-refractivity contribution in [3.05, 3.63) is 29.6 Å². The van der Waals surface area contributed by atoms with Crippen LogP contribution in [-0.2, 0) is 0 Å². The zero-order valence-electron chi connectivity index (χ0n) is 12.4. The van der Waals surface area contributed by atoms with Gasteiger partial charge in [0.1, 0.15) is 5.75 Å². The van der Waals surface area contributed by atoms with E-state index in [1.807, 2.05) is 25.1 Å². The van der Waals surface area contributed by atoms with Gasteiger partial charge >= 0.3 is 0 Å². The Bertz CT molecular complexity index is 566. The Balaban J connectivity index is 2.29. The molecule has 1 aromatic heterocycles. The predicted octanol–water partition coefficient (Wildman–Crippen LogP) is 2.04. The van der Waals surface area contributed by atoms with Crippen LogP contribution >= 0.6 is 0 Å². The SMILES string of the molecule is CCCNC(C)c1nnnn1-c1ccc(OC)c(C)c1. The molecule has 2 rings (SSSR count).